The molecule has 0 heterocycles. The van der Waals surface area contributed by atoms with E-state index in [9.17, 15) is 32.4 Å². The van der Waals surface area contributed by atoms with E-state index in [1.165, 1.54) is 32.4 Å². The van der Waals surface area contributed by atoms with Gasteiger partial charge in [0.2, 0.25) is 0 Å². The summed E-state index contributed by atoms with van der Waals surface area (Å²) in [6.07, 6.45) is 0.715. The van der Waals surface area contributed by atoms with E-state index < -0.39 is 22.1 Å². The Kier molecular flexibility index (Phi) is 29.7. The number of phenolic OH excluding ortho intramolecular Hbond substituents is 1. The number of esters is 5. The van der Waals surface area contributed by atoms with Gasteiger partial charge in [0.15, 0.2) is 0 Å². The summed E-state index contributed by atoms with van der Waals surface area (Å²) >= 11 is 0. The van der Waals surface area contributed by atoms with Gasteiger partial charge in [-0.1, -0.05) is 44.2 Å². The highest BCUT2D eigenvalue weighted by Crippen LogP contribution is 2.20. The fourth-order valence-electron chi connectivity index (χ4n) is 4.91. The lowest BCUT2D eigenvalue weighted by atomic mass is 10.2. The van der Waals surface area contributed by atoms with Crippen LogP contribution in [-0.4, -0.2) is 113 Å². The van der Waals surface area contributed by atoms with Gasteiger partial charge in [-0.25, -0.2) is 24.0 Å². The Hall–Kier alpha value is -7.88. The number of aromatic hydroxyl groups is 1. The van der Waals surface area contributed by atoms with E-state index in [0.29, 0.717) is 76.6 Å². The molecule has 5 aromatic carbocycles. The molecule has 0 fully saturated rings. The van der Waals surface area contributed by atoms with Crippen LogP contribution in [0.2, 0.25) is 0 Å². The molecule has 0 unspecified atom stereocenters. The monoisotopic (exact) mass is 980 g/mol. The first-order chi connectivity index (χ1) is 32.5. The van der Waals surface area contributed by atoms with E-state index in [0.717, 1.165) is 19.6 Å². The number of para-hydroxylation sites is 1. The highest BCUT2D eigenvalue weighted by molar-refractivity contribution is 7.85. The molecule has 69 heavy (non-hydrogen) atoms. The van der Waals surface area contributed by atoms with Crippen LogP contribution in [0, 0.1) is 0 Å². The molecule has 0 atom stereocenters. The lowest BCUT2D eigenvalue weighted by Crippen LogP contribution is -2.27. The third-order valence-electron chi connectivity index (χ3n) is 8.27. The molecule has 0 saturated heterocycles. The van der Waals surface area contributed by atoms with Crippen molar-refractivity contribution in [1.29, 1.82) is 0 Å². The van der Waals surface area contributed by atoms with E-state index >= 15 is 0 Å². The van der Waals surface area contributed by atoms with Crippen molar-refractivity contribution in [3.05, 3.63) is 143 Å². The number of nitrogens with zero attached hydrogens (tertiary/aromatic N) is 1. The predicted molar refractivity (Wildman–Crippen MR) is 266 cm³/mol. The molecule has 376 valence electrons. The Morgan fingerprint density at radius 3 is 1.26 bits per heavy atom. The van der Waals surface area contributed by atoms with E-state index in [1.807, 2.05) is 0 Å². The molecule has 20 nitrogen and oxygen atoms in total. The molecule has 0 radical (unpaired) electrons. The van der Waals surface area contributed by atoms with Crippen molar-refractivity contribution >= 4 is 68.4 Å². The Balaban J connectivity index is 0.000000823. The Bertz CT molecular complexity index is 2420. The van der Waals surface area contributed by atoms with Gasteiger partial charge in [0, 0.05) is 29.3 Å². The quantitative estimate of drug-likeness (QED) is 0.0248. The summed E-state index contributed by atoms with van der Waals surface area (Å²) in [6, 6.07) is 31.2. The van der Waals surface area contributed by atoms with Gasteiger partial charge >= 0.3 is 29.8 Å². The SMILES string of the molecule is CCN(CC)CCOC(=O)c1cccc(N)c1.CCOC(=O)c1cccc(N)c1.CCOC(=O)c1cccc(N)c1.COC(=O)c1ccc(O)c(N)c1.COC(=O)c1ccccc1N.CS(=O)(=O)O. The van der Waals surface area contributed by atoms with Crippen molar-refractivity contribution in [3.63, 3.8) is 0 Å². The Morgan fingerprint density at radius 2 is 0.913 bits per heavy atom. The molecule has 0 aliphatic heterocycles. The maximum absolute atomic E-state index is 11.7. The number of carbonyl (C=O) groups excluding carboxylic acids is 5. The zero-order chi connectivity index (χ0) is 52.5. The van der Waals surface area contributed by atoms with Crippen LogP contribution < -0.4 is 28.7 Å². The molecule has 12 N–H and O–H groups in total. The van der Waals surface area contributed by atoms with Crippen molar-refractivity contribution in [2.75, 3.05) is 88.6 Å². The first kappa shape index (κ1) is 61.1. The zero-order valence-electron chi connectivity index (χ0n) is 39.7. The molecule has 0 spiro atoms. The lowest BCUT2D eigenvalue weighted by molar-refractivity contribution is 0.0463. The van der Waals surface area contributed by atoms with E-state index in [-0.39, 0.29) is 29.3 Å². The zero-order valence-corrected chi connectivity index (χ0v) is 40.6. The number of likely N-dealkylation sites (N-methyl/N-ethyl adjacent to an activating group) is 1. The van der Waals surface area contributed by atoms with E-state index in [1.54, 1.807) is 111 Å². The first-order valence-corrected chi connectivity index (χ1v) is 22.7. The molecule has 0 aromatic heterocycles. The van der Waals surface area contributed by atoms with Gasteiger partial charge in [0.05, 0.1) is 67.2 Å². The molecule has 0 aliphatic carbocycles. The average Bonchev–Trinajstić information content (AvgIpc) is 3.31. The minimum Gasteiger partial charge on any atom is -0.506 e. The van der Waals surface area contributed by atoms with Gasteiger partial charge in [0.25, 0.3) is 10.1 Å². The number of carbonyl (C=O) groups is 5. The largest absolute Gasteiger partial charge is 0.506 e. The first-order valence-electron chi connectivity index (χ1n) is 20.9. The fraction of sp³-hybridized carbons (Fsp3) is 0.271. The summed E-state index contributed by atoms with van der Waals surface area (Å²) in [5.41, 5.74) is 32.0. The molecule has 0 bridgehead atoms. The number of methoxy groups -OCH3 is 2. The third kappa shape index (κ3) is 27.4. The number of rotatable bonds is 12. The van der Waals surface area contributed by atoms with Gasteiger partial charge < -0.3 is 62.4 Å². The van der Waals surface area contributed by atoms with Gasteiger partial charge in [-0.3, -0.25) is 4.55 Å². The van der Waals surface area contributed by atoms with Gasteiger partial charge in [-0.05, 0) is 112 Å². The molecule has 5 aromatic rings. The lowest BCUT2D eigenvalue weighted by Gasteiger charge is -2.17. The van der Waals surface area contributed by atoms with Crippen LogP contribution >= 0.6 is 0 Å². The summed E-state index contributed by atoms with van der Waals surface area (Å²) in [5.74, 6) is -1.88. The number of benzene rings is 5. The third-order valence-corrected chi connectivity index (χ3v) is 8.27. The number of nitrogens with two attached hydrogens (primary N) is 5. The second-order valence-electron chi connectivity index (χ2n) is 13.6. The van der Waals surface area contributed by atoms with Crippen LogP contribution in [0.3, 0.4) is 0 Å². The molecular weight excluding hydrogens is 917 g/mol. The topological polar surface area (TPSA) is 339 Å². The maximum Gasteiger partial charge on any atom is 0.339 e. The van der Waals surface area contributed by atoms with Gasteiger partial charge in [0.1, 0.15) is 12.4 Å². The van der Waals surface area contributed by atoms with Crippen LogP contribution in [0.25, 0.3) is 0 Å². The summed E-state index contributed by atoms with van der Waals surface area (Å²) < 4.78 is 49.6. The normalized spacial score (nSPS) is 9.81. The van der Waals surface area contributed by atoms with Crippen LogP contribution in [0.4, 0.5) is 28.4 Å². The van der Waals surface area contributed by atoms with E-state index in [4.69, 9.17) is 52.5 Å². The van der Waals surface area contributed by atoms with Crippen molar-refractivity contribution < 1.29 is 65.7 Å². The van der Waals surface area contributed by atoms with Crippen LogP contribution in [0.15, 0.2) is 115 Å². The van der Waals surface area contributed by atoms with Crippen molar-refractivity contribution in [3.8, 4) is 5.75 Å². The van der Waals surface area contributed by atoms with Crippen LogP contribution in [0.5, 0.6) is 5.75 Å². The van der Waals surface area contributed by atoms with Crippen molar-refractivity contribution in [2.45, 2.75) is 27.7 Å². The molecule has 0 aliphatic rings. The summed E-state index contributed by atoms with van der Waals surface area (Å²) in [6.45, 7) is 11.6. The number of hydrogen-bond acceptors (Lipinski definition) is 19. The number of nitrogen functional groups attached to an aromatic ring is 5. The molecule has 0 saturated carbocycles. The predicted octanol–water partition coefficient (Wildman–Crippen LogP) is 5.98. The highest BCUT2D eigenvalue weighted by Gasteiger charge is 2.10. The molecule has 5 rings (SSSR count). The highest BCUT2D eigenvalue weighted by atomic mass is 32.2. The molecular formula is C48H64N6O14S. The minimum absolute atomic E-state index is 0.0392. The summed E-state index contributed by atoms with van der Waals surface area (Å²) in [7, 11) is -1.06. The second-order valence-corrected chi connectivity index (χ2v) is 15.0. The molecule has 21 heteroatoms. The van der Waals surface area contributed by atoms with Gasteiger partial charge in [-0.2, -0.15) is 8.42 Å². The Labute approximate surface area is 403 Å². The summed E-state index contributed by atoms with van der Waals surface area (Å²) in [4.78, 5) is 57.9. The molecule has 0 amide bonds. The fourth-order valence-corrected chi connectivity index (χ4v) is 4.91. The number of phenols is 1. The Morgan fingerprint density at radius 1 is 0.522 bits per heavy atom. The van der Waals surface area contributed by atoms with Crippen LogP contribution in [-0.2, 0) is 33.8 Å². The average molecular weight is 981 g/mol. The number of ether oxygens (including phenoxy) is 5. The van der Waals surface area contributed by atoms with Crippen molar-refractivity contribution in [1.82, 2.24) is 4.90 Å². The summed E-state index contributed by atoms with van der Waals surface area (Å²) in [5, 5.41) is 9.02. The second kappa shape index (κ2) is 33.6. The smallest absolute Gasteiger partial charge is 0.339 e. The van der Waals surface area contributed by atoms with E-state index in [2.05, 4.69) is 28.2 Å². The van der Waals surface area contributed by atoms with Crippen molar-refractivity contribution in [2.24, 2.45) is 0 Å². The number of anilines is 5. The maximum atomic E-state index is 11.7. The standard InChI is InChI=1S/C13H20N2O2.2C9H11NO2.C8H9NO3.C8H9NO2.CH4O3S/c1-3-15(4-2)8-9-17-13(16)11-6-5-7-12(14)10-11;2*1-2-12-9(11)7-4-3-5-8(10)6-7;1-12-8(11)5-2-3-7(10)6(9)4-5;1-11-8(10)6-4-2-3-5-7(6)9;1-5(2,3)4/h5-7,10H,3-4,8-9,14H2,1-2H3;2*3-6H,2,10H2,1H3;2-4,10H,9H2,1H3;2-5H,9H2,1H3;1H3,(H,2,3,4). The van der Waals surface area contributed by atoms with Crippen LogP contribution in [0.1, 0.15) is 79.5 Å². The minimum atomic E-state index is -3.67. The number of hydrogen-bond donors (Lipinski definition) is 7. The van der Waals surface area contributed by atoms with Gasteiger partial charge in [-0.15, -0.1) is 0 Å².